The lowest BCUT2D eigenvalue weighted by atomic mass is 9.78. The quantitative estimate of drug-likeness (QED) is 0.893. The van der Waals surface area contributed by atoms with Crippen molar-refractivity contribution in [1.82, 2.24) is 0 Å². The first-order valence-electron chi connectivity index (χ1n) is 6.77. The van der Waals surface area contributed by atoms with Gasteiger partial charge in [-0.2, -0.15) is 0 Å². The zero-order chi connectivity index (χ0) is 13.3. The molecule has 20 heavy (non-hydrogen) atoms. The molecule has 0 saturated heterocycles. The molecule has 0 fully saturated rings. The first-order valence-corrected chi connectivity index (χ1v) is 6.77. The topological polar surface area (TPSA) is 46.2 Å². The molecule has 3 N–H and O–H groups in total. The summed E-state index contributed by atoms with van der Waals surface area (Å²) < 4.78 is 0. The average molecular weight is 290 g/mol. The summed E-state index contributed by atoms with van der Waals surface area (Å²) in [4.78, 5) is 0. The maximum absolute atomic E-state index is 9.44. The van der Waals surface area contributed by atoms with Gasteiger partial charge in [0.2, 0.25) is 0 Å². The maximum atomic E-state index is 9.44. The second-order valence-corrected chi connectivity index (χ2v) is 5.55. The van der Waals surface area contributed by atoms with Crippen LogP contribution in [0.15, 0.2) is 48.5 Å². The number of hydrogen-bond acceptors (Lipinski definition) is 2. The fourth-order valence-corrected chi connectivity index (χ4v) is 2.83. The number of rotatable bonds is 2. The fourth-order valence-electron chi connectivity index (χ4n) is 2.83. The molecule has 3 rings (SSSR count). The van der Waals surface area contributed by atoms with Gasteiger partial charge >= 0.3 is 0 Å². The monoisotopic (exact) mass is 289 g/mol. The number of fused-ring (bicyclic) bond motifs is 1. The van der Waals surface area contributed by atoms with Crippen LogP contribution in [0.3, 0.4) is 0 Å². The molecule has 2 aromatic rings. The highest BCUT2D eigenvalue weighted by molar-refractivity contribution is 5.85. The molecule has 1 atom stereocenters. The van der Waals surface area contributed by atoms with Gasteiger partial charge in [-0.15, -0.1) is 12.4 Å². The third-order valence-electron chi connectivity index (χ3n) is 4.06. The molecule has 0 amide bonds. The SMILES string of the molecule is Cl.NC1(CO)CCc2ccc(-c3ccccc3)cc2C1. The van der Waals surface area contributed by atoms with E-state index in [1.165, 1.54) is 22.3 Å². The van der Waals surface area contributed by atoms with E-state index in [-0.39, 0.29) is 19.0 Å². The van der Waals surface area contributed by atoms with Crippen molar-refractivity contribution in [2.75, 3.05) is 6.61 Å². The summed E-state index contributed by atoms with van der Waals surface area (Å²) >= 11 is 0. The molecule has 0 aliphatic heterocycles. The number of benzene rings is 2. The second kappa shape index (κ2) is 5.96. The Morgan fingerprint density at radius 3 is 2.45 bits per heavy atom. The largest absolute Gasteiger partial charge is 0.394 e. The highest BCUT2D eigenvalue weighted by Crippen LogP contribution is 2.30. The van der Waals surface area contributed by atoms with E-state index >= 15 is 0 Å². The van der Waals surface area contributed by atoms with Gasteiger partial charge < -0.3 is 10.8 Å². The molecular formula is C17H20ClNO. The Bertz CT molecular complexity index is 585. The summed E-state index contributed by atoms with van der Waals surface area (Å²) in [5, 5.41) is 9.44. The molecule has 1 unspecified atom stereocenters. The van der Waals surface area contributed by atoms with Crippen LogP contribution >= 0.6 is 12.4 Å². The van der Waals surface area contributed by atoms with Crippen LogP contribution in [-0.2, 0) is 12.8 Å². The molecule has 0 bridgehead atoms. The van der Waals surface area contributed by atoms with Gasteiger partial charge in [0.15, 0.2) is 0 Å². The molecule has 0 radical (unpaired) electrons. The van der Waals surface area contributed by atoms with Crippen LogP contribution in [0.2, 0.25) is 0 Å². The molecule has 1 aliphatic rings. The number of nitrogens with two attached hydrogens (primary N) is 1. The number of halogens is 1. The molecule has 2 nitrogen and oxygen atoms in total. The smallest absolute Gasteiger partial charge is 0.0614 e. The summed E-state index contributed by atoms with van der Waals surface area (Å²) in [5.74, 6) is 0. The van der Waals surface area contributed by atoms with Crippen molar-refractivity contribution in [2.45, 2.75) is 24.8 Å². The molecule has 0 heterocycles. The lowest BCUT2D eigenvalue weighted by Crippen LogP contribution is -2.48. The molecule has 3 heteroatoms. The standard InChI is InChI=1S/C17H19NO.ClH/c18-17(12-19)9-8-14-6-7-15(10-16(14)11-17)13-4-2-1-3-5-13;/h1-7,10,19H,8-9,11-12,18H2;1H. The summed E-state index contributed by atoms with van der Waals surface area (Å²) in [5.41, 5.74) is 10.9. The van der Waals surface area contributed by atoms with E-state index in [1.807, 2.05) is 6.07 Å². The minimum Gasteiger partial charge on any atom is -0.394 e. The molecule has 2 aromatic carbocycles. The van der Waals surface area contributed by atoms with Gasteiger partial charge in [-0.05, 0) is 41.5 Å². The molecule has 0 saturated carbocycles. The maximum Gasteiger partial charge on any atom is 0.0614 e. The first-order chi connectivity index (χ1) is 9.20. The zero-order valence-electron chi connectivity index (χ0n) is 11.4. The van der Waals surface area contributed by atoms with Crippen molar-refractivity contribution in [3.05, 3.63) is 59.7 Å². The normalized spacial score (nSPS) is 20.9. The van der Waals surface area contributed by atoms with Crippen molar-refractivity contribution in [1.29, 1.82) is 0 Å². The predicted molar refractivity (Wildman–Crippen MR) is 85.2 cm³/mol. The van der Waals surface area contributed by atoms with Gasteiger partial charge in [-0.25, -0.2) is 0 Å². The van der Waals surface area contributed by atoms with Crippen LogP contribution < -0.4 is 5.73 Å². The van der Waals surface area contributed by atoms with E-state index in [0.29, 0.717) is 0 Å². The van der Waals surface area contributed by atoms with Gasteiger partial charge in [-0.1, -0.05) is 48.5 Å². The molecule has 1 aliphatic carbocycles. The number of aliphatic hydroxyl groups excluding tert-OH is 1. The van der Waals surface area contributed by atoms with Crippen molar-refractivity contribution in [2.24, 2.45) is 5.73 Å². The Balaban J connectivity index is 0.00000147. The zero-order valence-corrected chi connectivity index (χ0v) is 12.2. The van der Waals surface area contributed by atoms with Crippen LogP contribution in [0, 0.1) is 0 Å². The Hall–Kier alpha value is -1.35. The Morgan fingerprint density at radius 2 is 1.75 bits per heavy atom. The molecule has 0 aromatic heterocycles. The van der Waals surface area contributed by atoms with E-state index in [0.717, 1.165) is 19.3 Å². The van der Waals surface area contributed by atoms with Crippen LogP contribution in [0.5, 0.6) is 0 Å². The molecule has 106 valence electrons. The first kappa shape index (κ1) is 15.0. The van der Waals surface area contributed by atoms with Gasteiger partial charge in [0, 0.05) is 5.54 Å². The van der Waals surface area contributed by atoms with Gasteiger partial charge in [0.1, 0.15) is 0 Å². The summed E-state index contributed by atoms with van der Waals surface area (Å²) in [6.07, 6.45) is 2.59. The molecule has 0 spiro atoms. The van der Waals surface area contributed by atoms with Crippen LogP contribution in [0.4, 0.5) is 0 Å². The summed E-state index contributed by atoms with van der Waals surface area (Å²) in [7, 11) is 0. The van der Waals surface area contributed by atoms with Crippen LogP contribution in [0.25, 0.3) is 11.1 Å². The highest BCUT2D eigenvalue weighted by atomic mass is 35.5. The van der Waals surface area contributed by atoms with Crippen LogP contribution in [-0.4, -0.2) is 17.3 Å². The van der Waals surface area contributed by atoms with E-state index in [1.54, 1.807) is 0 Å². The molecular weight excluding hydrogens is 270 g/mol. The van der Waals surface area contributed by atoms with E-state index in [2.05, 4.69) is 42.5 Å². The lowest BCUT2D eigenvalue weighted by molar-refractivity contribution is 0.181. The minimum atomic E-state index is -0.442. The predicted octanol–water partition coefficient (Wildman–Crippen LogP) is 2.95. The summed E-state index contributed by atoms with van der Waals surface area (Å²) in [6.45, 7) is 0.0575. The third-order valence-corrected chi connectivity index (χ3v) is 4.06. The van der Waals surface area contributed by atoms with Crippen molar-refractivity contribution in [3.8, 4) is 11.1 Å². The Labute approximate surface area is 126 Å². The van der Waals surface area contributed by atoms with Crippen LogP contribution in [0.1, 0.15) is 17.5 Å². The number of aryl methyl sites for hydroxylation is 1. The average Bonchev–Trinajstić information content (AvgIpc) is 2.47. The van der Waals surface area contributed by atoms with E-state index in [9.17, 15) is 5.11 Å². The van der Waals surface area contributed by atoms with Gasteiger partial charge in [0.05, 0.1) is 6.61 Å². The minimum absolute atomic E-state index is 0. The Morgan fingerprint density at radius 1 is 1.00 bits per heavy atom. The van der Waals surface area contributed by atoms with E-state index in [4.69, 9.17) is 5.73 Å². The fraction of sp³-hybridized carbons (Fsp3) is 0.294. The van der Waals surface area contributed by atoms with Crippen molar-refractivity contribution >= 4 is 12.4 Å². The second-order valence-electron chi connectivity index (χ2n) is 5.55. The Kier molecular flexibility index (Phi) is 4.48. The third kappa shape index (κ3) is 2.88. The number of hydrogen-bond donors (Lipinski definition) is 2. The van der Waals surface area contributed by atoms with Gasteiger partial charge in [-0.3, -0.25) is 0 Å². The summed E-state index contributed by atoms with van der Waals surface area (Å²) in [6, 6.07) is 17.0. The number of aliphatic hydroxyl groups is 1. The highest BCUT2D eigenvalue weighted by Gasteiger charge is 2.29. The van der Waals surface area contributed by atoms with Crippen molar-refractivity contribution in [3.63, 3.8) is 0 Å². The van der Waals surface area contributed by atoms with E-state index < -0.39 is 5.54 Å². The lowest BCUT2D eigenvalue weighted by Gasteiger charge is -2.33. The van der Waals surface area contributed by atoms with Gasteiger partial charge in [0.25, 0.3) is 0 Å². The van der Waals surface area contributed by atoms with Crippen molar-refractivity contribution < 1.29 is 5.11 Å².